The van der Waals surface area contributed by atoms with Crippen LogP contribution in [0.2, 0.25) is 0 Å². The van der Waals surface area contributed by atoms with Gasteiger partial charge in [0.25, 0.3) is 64.1 Å². The van der Waals surface area contributed by atoms with Crippen molar-refractivity contribution in [3.05, 3.63) is 118 Å². The third kappa shape index (κ3) is 17.6. The first-order chi connectivity index (χ1) is 39.1. The van der Waals surface area contributed by atoms with Crippen LogP contribution in [0.4, 0.5) is 11.4 Å². The second kappa shape index (κ2) is 26.7. The van der Waals surface area contributed by atoms with Crippen molar-refractivity contribution in [3.8, 4) is 22.3 Å². The van der Waals surface area contributed by atoms with Crippen LogP contribution in [0.3, 0.4) is 0 Å². The van der Waals surface area contributed by atoms with Gasteiger partial charge in [0.15, 0.2) is 5.71 Å². The van der Waals surface area contributed by atoms with E-state index in [0.717, 1.165) is 40.3 Å². The summed E-state index contributed by atoms with van der Waals surface area (Å²) in [6.45, 7) is 9.27. The molecule has 9 N–H and O–H groups in total. The lowest BCUT2D eigenvalue weighted by Gasteiger charge is -2.27. The molecule has 2 aromatic heterocycles. The van der Waals surface area contributed by atoms with Gasteiger partial charge in [-0.3, -0.25) is 42.2 Å². The highest BCUT2D eigenvalue weighted by atomic mass is 32.2. The highest BCUT2D eigenvalue weighted by Gasteiger charge is 2.45. The Labute approximate surface area is 487 Å². The smallest absolute Gasteiger partial charge is 0.303 e. The number of fused-ring (bicyclic) bond motifs is 2. The van der Waals surface area contributed by atoms with E-state index in [4.69, 9.17) is 0 Å². The van der Waals surface area contributed by atoms with Crippen molar-refractivity contribution >= 4 is 87.2 Å². The zero-order valence-electron chi connectivity index (χ0n) is 46.6. The van der Waals surface area contributed by atoms with Crippen LogP contribution in [0.1, 0.15) is 120 Å². The van der Waals surface area contributed by atoms with Gasteiger partial charge in [-0.25, -0.2) is 9.97 Å². The molecule has 0 saturated carbocycles. The van der Waals surface area contributed by atoms with Crippen LogP contribution in [-0.4, -0.2) is 169 Å². The van der Waals surface area contributed by atoms with Crippen molar-refractivity contribution in [2.45, 2.75) is 77.6 Å². The number of amides is 4. The molecule has 0 saturated heterocycles. The summed E-state index contributed by atoms with van der Waals surface area (Å²) in [5, 5.41) is 18.8. The normalized spacial score (nSPS) is 15.2. The SMILES string of the molecule is CCC[N+]1=C(/C=C/C=C2/N(CCCCCC(=O)O)c3ccc(-c4cc(C(=O)NCCS(=O)(=O)O)nc(C(=O)NCCS(=O)(=O)O)c4)cc3C2(C)C)C(C)(C)c2cc(-c3cc(C(=O)NCCS(=O)(=O)O)nc(C(=O)NCCS(=O)(=O)O)c3)ccc21. The summed E-state index contributed by atoms with van der Waals surface area (Å²) < 4.78 is 130. The second-order valence-corrected chi connectivity index (χ2v) is 27.2. The Balaban J connectivity index is 1.39. The first-order valence-corrected chi connectivity index (χ1v) is 32.8. The fraction of sp³-hybridized carbons (Fsp3) is 0.407. The van der Waals surface area contributed by atoms with Gasteiger partial charge in [-0.2, -0.15) is 38.2 Å². The minimum atomic E-state index is -4.45. The van der Waals surface area contributed by atoms with Gasteiger partial charge in [0.05, 0.1) is 28.4 Å². The van der Waals surface area contributed by atoms with Crippen molar-refractivity contribution < 1.29 is 85.5 Å². The van der Waals surface area contributed by atoms with E-state index >= 15 is 0 Å². The summed E-state index contributed by atoms with van der Waals surface area (Å²) in [5.74, 6) is -7.64. The number of pyridine rings is 2. The largest absolute Gasteiger partial charge is 0.481 e. The number of unbranched alkanes of at least 4 members (excludes halogenated alkanes) is 2. The number of carboxylic acid groups (broad SMARTS) is 1. The lowest BCUT2D eigenvalue weighted by atomic mass is 9.80. The number of hydrogen-bond acceptors (Lipinski definition) is 16. The average Bonchev–Trinajstić information content (AvgIpc) is 1.71. The summed E-state index contributed by atoms with van der Waals surface area (Å²) >= 11 is 0. The molecule has 0 fully saturated rings. The molecule has 2 aliphatic heterocycles. The molecule has 0 atom stereocenters. The molecule has 84 heavy (non-hydrogen) atoms. The Bertz CT molecular complexity index is 3690. The standard InChI is InChI=1S/C54H66N8O18S4/c1-6-22-61-44-16-14-34(36-30-40(49(65)55-18-24-81(69,70)71)59-41(31-36)50(66)56-19-25-82(72,73)74)28-38(44)53(2,3)46(61)11-10-12-47-54(4,5)39-29-35(15-17-45(39)62(47)23-9-7-8-13-48(63)64)37-32-42(51(67)57-20-26-83(75,76)77)60-43(33-37)52(68)58-21-27-84(78,79)80/h10-12,14-17,28-33H,6-9,13,18-27H2,1-5H3,(H8-,55,56,57,58,63,64,65,66,67,68,69,70,71,72,73,74,75,76,77,78,79,80)/p+1. The molecule has 6 rings (SSSR count). The Morgan fingerprint density at radius 1 is 0.560 bits per heavy atom. The van der Waals surface area contributed by atoms with Crippen LogP contribution in [0.5, 0.6) is 0 Å². The van der Waals surface area contributed by atoms with E-state index < -0.39 is 130 Å². The highest BCUT2D eigenvalue weighted by molar-refractivity contribution is 7.86. The number of aromatic nitrogens is 2. The minimum Gasteiger partial charge on any atom is -0.481 e. The van der Waals surface area contributed by atoms with Gasteiger partial charge in [0.1, 0.15) is 29.3 Å². The van der Waals surface area contributed by atoms with Crippen LogP contribution in [0, 0.1) is 0 Å². The number of anilines is 1. The fourth-order valence-corrected chi connectivity index (χ4v) is 11.2. The molecule has 4 heterocycles. The van der Waals surface area contributed by atoms with E-state index in [2.05, 4.69) is 40.7 Å². The average molecular weight is 1240 g/mol. The number of carboxylic acids is 1. The molecule has 0 spiro atoms. The number of carbonyl (C=O) groups is 5. The van der Waals surface area contributed by atoms with Crippen molar-refractivity contribution in [2.24, 2.45) is 0 Å². The Hall–Kier alpha value is -7.32. The lowest BCUT2D eigenvalue weighted by Crippen LogP contribution is -2.32. The fourth-order valence-electron chi connectivity index (χ4n) is 9.76. The maximum absolute atomic E-state index is 13.4. The summed E-state index contributed by atoms with van der Waals surface area (Å²) in [7, 11) is -17.8. The Kier molecular flexibility index (Phi) is 20.9. The maximum Gasteiger partial charge on any atom is 0.303 e. The van der Waals surface area contributed by atoms with Crippen LogP contribution < -0.4 is 26.2 Å². The summed E-state index contributed by atoms with van der Waals surface area (Å²) in [5.41, 5.74) is 4.26. The molecular weight excluding hydrogens is 1180 g/mol. The third-order valence-electron chi connectivity index (χ3n) is 13.8. The molecule has 26 nitrogen and oxygen atoms in total. The second-order valence-electron chi connectivity index (χ2n) is 20.9. The van der Waals surface area contributed by atoms with Crippen molar-refractivity contribution in [1.82, 2.24) is 31.2 Å². The molecule has 4 aromatic rings. The summed E-state index contributed by atoms with van der Waals surface area (Å²) in [6, 6.07) is 16.7. The number of rotatable bonds is 28. The highest BCUT2D eigenvalue weighted by Crippen LogP contribution is 2.49. The molecule has 0 aliphatic carbocycles. The number of carbonyl (C=O) groups excluding carboxylic acids is 4. The van der Waals surface area contributed by atoms with E-state index in [0.29, 0.717) is 54.6 Å². The van der Waals surface area contributed by atoms with E-state index in [-0.39, 0.29) is 29.2 Å². The molecule has 0 radical (unpaired) electrons. The number of hydrogen-bond donors (Lipinski definition) is 9. The van der Waals surface area contributed by atoms with Gasteiger partial charge in [-0.05, 0) is 109 Å². The number of benzene rings is 2. The minimum absolute atomic E-state index is 0.000644. The quantitative estimate of drug-likeness (QED) is 0.0221. The van der Waals surface area contributed by atoms with E-state index in [9.17, 15) is 81.0 Å². The topological polar surface area (TPSA) is 403 Å². The number of allylic oxidation sites excluding steroid dienone is 4. The van der Waals surface area contributed by atoms with E-state index in [1.54, 1.807) is 12.1 Å². The zero-order valence-corrected chi connectivity index (χ0v) is 49.8. The number of nitrogens with zero attached hydrogens (tertiary/aromatic N) is 4. The van der Waals surface area contributed by atoms with Gasteiger partial charge in [0.2, 0.25) is 5.69 Å². The first-order valence-electron chi connectivity index (χ1n) is 26.4. The van der Waals surface area contributed by atoms with Crippen molar-refractivity contribution in [2.75, 3.05) is 67.2 Å². The van der Waals surface area contributed by atoms with Crippen LogP contribution in [0.25, 0.3) is 22.3 Å². The monoisotopic (exact) mass is 1240 g/mol. The van der Waals surface area contributed by atoms with Crippen molar-refractivity contribution in [3.63, 3.8) is 0 Å². The van der Waals surface area contributed by atoms with Crippen LogP contribution in [-0.2, 0) is 56.1 Å². The van der Waals surface area contributed by atoms with Crippen LogP contribution >= 0.6 is 0 Å². The molecule has 2 aliphatic rings. The van der Waals surface area contributed by atoms with Gasteiger partial charge < -0.3 is 31.3 Å². The summed E-state index contributed by atoms with van der Waals surface area (Å²) in [6.07, 6.45) is 8.37. The zero-order chi connectivity index (χ0) is 62.2. The third-order valence-corrected chi connectivity index (χ3v) is 16.7. The molecule has 4 amide bonds. The molecule has 30 heteroatoms. The first kappa shape index (κ1) is 65.8. The molecule has 454 valence electrons. The molecule has 0 unspecified atom stereocenters. The van der Waals surface area contributed by atoms with Crippen LogP contribution in [0.15, 0.2) is 84.6 Å². The van der Waals surface area contributed by atoms with E-state index in [1.807, 2.05) is 77.1 Å². The van der Waals surface area contributed by atoms with Gasteiger partial charge >= 0.3 is 5.97 Å². The number of nitrogens with one attached hydrogen (secondary N) is 4. The molecule has 2 aromatic carbocycles. The maximum atomic E-state index is 13.4. The lowest BCUT2D eigenvalue weighted by molar-refractivity contribution is -0.437. The summed E-state index contributed by atoms with van der Waals surface area (Å²) in [4.78, 5) is 75.3. The predicted octanol–water partition coefficient (Wildman–Crippen LogP) is 3.95. The van der Waals surface area contributed by atoms with E-state index in [1.165, 1.54) is 24.3 Å². The molecule has 0 bridgehead atoms. The van der Waals surface area contributed by atoms with Gasteiger partial charge in [-0.1, -0.05) is 39.3 Å². The Morgan fingerprint density at radius 3 is 1.38 bits per heavy atom. The van der Waals surface area contributed by atoms with Gasteiger partial charge in [-0.15, -0.1) is 0 Å². The molecular formula is C54H67N8O18S4+. The van der Waals surface area contributed by atoms with Gasteiger partial charge in [0, 0.05) is 80.1 Å². The Morgan fingerprint density at radius 2 is 0.976 bits per heavy atom. The van der Waals surface area contributed by atoms with Crippen molar-refractivity contribution in [1.29, 1.82) is 0 Å². The number of aliphatic carboxylic acids is 1. The predicted molar refractivity (Wildman–Crippen MR) is 311 cm³/mol.